The maximum Gasteiger partial charge on any atom is 0.236 e. The SMILES string of the molecule is C[C@@H](Sc1ccc(F)c(F)c1)C(=O)N(C)C1(C#N)CCCCC1. The fourth-order valence-corrected chi connectivity index (χ4v) is 3.93. The summed E-state index contributed by atoms with van der Waals surface area (Å²) in [6, 6.07) is 5.91. The first-order chi connectivity index (χ1) is 10.9. The number of rotatable bonds is 4. The van der Waals surface area contributed by atoms with Crippen molar-refractivity contribution in [2.24, 2.45) is 0 Å². The van der Waals surface area contributed by atoms with Gasteiger partial charge in [-0.1, -0.05) is 19.3 Å². The van der Waals surface area contributed by atoms with Crippen LogP contribution in [0.25, 0.3) is 0 Å². The molecule has 1 aliphatic carbocycles. The Bertz CT molecular complexity index is 624. The Labute approximate surface area is 139 Å². The number of halogens is 2. The van der Waals surface area contributed by atoms with Crippen LogP contribution in [0.5, 0.6) is 0 Å². The highest BCUT2D eigenvalue weighted by Crippen LogP contribution is 2.34. The number of carbonyl (C=O) groups is 1. The van der Waals surface area contributed by atoms with Crippen LogP contribution in [0.3, 0.4) is 0 Å². The number of hydrogen-bond acceptors (Lipinski definition) is 3. The van der Waals surface area contributed by atoms with Crippen LogP contribution in [0.15, 0.2) is 23.1 Å². The summed E-state index contributed by atoms with van der Waals surface area (Å²) in [6.45, 7) is 1.72. The van der Waals surface area contributed by atoms with Crippen molar-refractivity contribution in [1.29, 1.82) is 5.26 Å². The first-order valence-corrected chi connectivity index (χ1v) is 8.58. The number of hydrogen-bond donors (Lipinski definition) is 0. The molecule has 1 fully saturated rings. The average Bonchev–Trinajstić information content (AvgIpc) is 2.57. The summed E-state index contributed by atoms with van der Waals surface area (Å²) in [7, 11) is 1.67. The summed E-state index contributed by atoms with van der Waals surface area (Å²) in [5.41, 5.74) is -0.738. The predicted octanol–water partition coefficient (Wildman–Crippen LogP) is 4.13. The summed E-state index contributed by atoms with van der Waals surface area (Å²) in [5, 5.41) is 9.08. The molecular weight excluding hydrogens is 318 g/mol. The van der Waals surface area contributed by atoms with Crippen LogP contribution in [0, 0.1) is 23.0 Å². The van der Waals surface area contributed by atoms with Crippen molar-refractivity contribution in [3.63, 3.8) is 0 Å². The van der Waals surface area contributed by atoms with E-state index < -0.39 is 22.4 Å². The third kappa shape index (κ3) is 3.84. The lowest BCUT2D eigenvalue weighted by molar-refractivity contribution is -0.133. The second kappa shape index (κ2) is 7.31. The first-order valence-electron chi connectivity index (χ1n) is 7.70. The van der Waals surface area contributed by atoms with Crippen molar-refractivity contribution in [2.45, 2.75) is 54.7 Å². The van der Waals surface area contributed by atoms with E-state index in [4.69, 9.17) is 0 Å². The molecule has 1 aromatic rings. The highest BCUT2D eigenvalue weighted by atomic mass is 32.2. The molecule has 1 aromatic carbocycles. The van der Waals surface area contributed by atoms with Crippen LogP contribution in [-0.4, -0.2) is 28.6 Å². The first kappa shape index (κ1) is 17.7. The van der Waals surface area contributed by atoms with Gasteiger partial charge in [0.05, 0.1) is 11.3 Å². The van der Waals surface area contributed by atoms with Gasteiger partial charge in [-0.05, 0) is 38.0 Å². The Kier molecular flexibility index (Phi) is 5.64. The molecule has 0 unspecified atom stereocenters. The Balaban J connectivity index is 2.09. The van der Waals surface area contributed by atoms with E-state index in [0.29, 0.717) is 17.7 Å². The number of thioether (sulfide) groups is 1. The van der Waals surface area contributed by atoms with Gasteiger partial charge < -0.3 is 4.90 Å². The molecule has 0 radical (unpaired) electrons. The Hall–Kier alpha value is -1.61. The molecule has 1 atom stereocenters. The van der Waals surface area contributed by atoms with Gasteiger partial charge in [-0.3, -0.25) is 4.79 Å². The van der Waals surface area contributed by atoms with Gasteiger partial charge in [-0.15, -0.1) is 11.8 Å². The van der Waals surface area contributed by atoms with Crippen LogP contribution >= 0.6 is 11.8 Å². The smallest absolute Gasteiger partial charge is 0.236 e. The lowest BCUT2D eigenvalue weighted by Crippen LogP contribution is -2.52. The van der Waals surface area contributed by atoms with Crippen molar-refractivity contribution in [3.05, 3.63) is 29.8 Å². The highest BCUT2D eigenvalue weighted by molar-refractivity contribution is 8.00. The van der Waals surface area contributed by atoms with Crippen LogP contribution in [0.1, 0.15) is 39.0 Å². The summed E-state index contributed by atoms with van der Waals surface area (Å²) in [5.74, 6) is -2.00. The number of carbonyl (C=O) groups excluding carboxylic acids is 1. The molecule has 0 bridgehead atoms. The summed E-state index contributed by atoms with van der Waals surface area (Å²) in [6.07, 6.45) is 4.35. The predicted molar refractivity (Wildman–Crippen MR) is 85.9 cm³/mol. The third-order valence-corrected chi connectivity index (χ3v) is 5.49. The van der Waals surface area contributed by atoms with Crippen LogP contribution in [0.2, 0.25) is 0 Å². The summed E-state index contributed by atoms with van der Waals surface area (Å²) >= 11 is 1.17. The number of amides is 1. The second-order valence-corrected chi connectivity index (χ2v) is 7.35. The molecule has 1 aliphatic rings. The molecule has 1 saturated carbocycles. The largest absolute Gasteiger partial charge is 0.326 e. The van der Waals surface area contributed by atoms with E-state index in [1.54, 1.807) is 18.9 Å². The fraction of sp³-hybridized carbons (Fsp3) is 0.529. The lowest BCUT2D eigenvalue weighted by atomic mass is 9.81. The van der Waals surface area contributed by atoms with Gasteiger partial charge in [0.15, 0.2) is 11.6 Å². The van der Waals surface area contributed by atoms with Crippen LogP contribution in [0.4, 0.5) is 8.78 Å². The van der Waals surface area contributed by atoms with Crippen molar-refractivity contribution in [1.82, 2.24) is 4.90 Å². The molecular formula is C17H20F2N2OS. The highest BCUT2D eigenvalue weighted by Gasteiger charge is 2.40. The molecule has 0 aliphatic heterocycles. The van der Waals surface area contributed by atoms with Crippen LogP contribution < -0.4 is 0 Å². The van der Waals surface area contributed by atoms with Crippen molar-refractivity contribution in [3.8, 4) is 6.07 Å². The van der Waals surface area contributed by atoms with E-state index in [-0.39, 0.29) is 5.91 Å². The molecule has 124 valence electrons. The molecule has 0 aromatic heterocycles. The zero-order valence-electron chi connectivity index (χ0n) is 13.3. The third-order valence-electron chi connectivity index (χ3n) is 4.41. The van der Waals surface area contributed by atoms with E-state index in [2.05, 4.69) is 6.07 Å². The maximum absolute atomic E-state index is 13.3. The van der Waals surface area contributed by atoms with Gasteiger partial charge >= 0.3 is 0 Å². The minimum absolute atomic E-state index is 0.164. The van der Waals surface area contributed by atoms with E-state index in [9.17, 15) is 18.8 Å². The normalized spacial score (nSPS) is 18.0. The minimum atomic E-state index is -0.927. The zero-order chi connectivity index (χ0) is 17.0. The lowest BCUT2D eigenvalue weighted by Gasteiger charge is -2.40. The maximum atomic E-state index is 13.3. The Morgan fingerprint density at radius 3 is 2.52 bits per heavy atom. The Morgan fingerprint density at radius 2 is 1.96 bits per heavy atom. The van der Waals surface area contributed by atoms with Gasteiger partial charge in [0.1, 0.15) is 5.54 Å². The van der Waals surface area contributed by atoms with Crippen molar-refractivity contribution in [2.75, 3.05) is 7.05 Å². The molecule has 0 saturated heterocycles. The van der Waals surface area contributed by atoms with E-state index in [1.807, 2.05) is 0 Å². The summed E-state index contributed by atoms with van der Waals surface area (Å²) in [4.78, 5) is 14.7. The molecule has 0 N–H and O–H groups in total. The van der Waals surface area contributed by atoms with Gasteiger partial charge in [0.25, 0.3) is 0 Å². The number of benzene rings is 1. The molecule has 3 nitrogen and oxygen atoms in total. The number of nitriles is 1. The van der Waals surface area contributed by atoms with E-state index in [1.165, 1.54) is 17.8 Å². The molecule has 1 amide bonds. The molecule has 0 heterocycles. The second-order valence-electron chi connectivity index (χ2n) is 5.94. The molecule has 6 heteroatoms. The molecule has 23 heavy (non-hydrogen) atoms. The van der Waals surface area contributed by atoms with Gasteiger partial charge in [0, 0.05) is 11.9 Å². The van der Waals surface area contributed by atoms with Gasteiger partial charge in [-0.2, -0.15) is 5.26 Å². The van der Waals surface area contributed by atoms with Gasteiger partial charge in [0.2, 0.25) is 5.91 Å². The monoisotopic (exact) mass is 338 g/mol. The van der Waals surface area contributed by atoms with Crippen molar-refractivity contribution < 1.29 is 13.6 Å². The van der Waals surface area contributed by atoms with E-state index in [0.717, 1.165) is 31.4 Å². The zero-order valence-corrected chi connectivity index (χ0v) is 14.1. The molecule has 2 rings (SSSR count). The van der Waals surface area contributed by atoms with Gasteiger partial charge in [-0.25, -0.2) is 8.78 Å². The number of nitrogens with zero attached hydrogens (tertiary/aromatic N) is 2. The minimum Gasteiger partial charge on any atom is -0.326 e. The quantitative estimate of drug-likeness (QED) is 0.775. The molecule has 0 spiro atoms. The standard InChI is InChI=1S/C17H20F2N2OS/c1-12(23-13-6-7-14(18)15(19)10-13)16(22)21(2)17(11-20)8-4-3-5-9-17/h6-7,10,12H,3-5,8-9H2,1-2H3/t12-/m1/s1. The summed E-state index contributed by atoms with van der Waals surface area (Å²) < 4.78 is 26.2. The average molecular weight is 338 g/mol. The van der Waals surface area contributed by atoms with Crippen molar-refractivity contribution >= 4 is 17.7 Å². The van der Waals surface area contributed by atoms with Crippen LogP contribution in [-0.2, 0) is 4.79 Å². The fourth-order valence-electron chi connectivity index (χ4n) is 2.95. The Morgan fingerprint density at radius 1 is 1.30 bits per heavy atom. The van der Waals surface area contributed by atoms with E-state index >= 15 is 0 Å². The topological polar surface area (TPSA) is 44.1 Å².